The highest BCUT2D eigenvalue weighted by molar-refractivity contribution is 5.85. The summed E-state index contributed by atoms with van der Waals surface area (Å²) in [6.07, 6.45) is 1.70. The van der Waals surface area contributed by atoms with Gasteiger partial charge in [-0.15, -0.1) is 0 Å². The number of hydrogen-bond acceptors (Lipinski definition) is 6. The Balaban J connectivity index is 1.92. The number of amides is 3. The van der Waals surface area contributed by atoms with Crippen LogP contribution < -0.4 is 10.6 Å². The number of nitrogens with one attached hydrogen (secondary N) is 2. The van der Waals surface area contributed by atoms with Gasteiger partial charge in [-0.2, -0.15) is 0 Å². The van der Waals surface area contributed by atoms with E-state index in [0.29, 0.717) is 91.4 Å². The van der Waals surface area contributed by atoms with Gasteiger partial charge in [-0.25, -0.2) is 4.79 Å². The Morgan fingerprint density at radius 2 is 1.62 bits per heavy atom. The van der Waals surface area contributed by atoms with Gasteiger partial charge in [0.25, 0.3) is 0 Å². The Labute approximate surface area is 172 Å². The standard InChI is InChI=1S/C19H35N3O7/c1-2-27-12-13-29-15-14-28-11-5-9-20-17(23)7-3-8-21-18(24)16-6-4-10-22(16)19(25)26/h16H,2-15H2,1H3,(H,20,23)(H,21,24)(H,25,26). The van der Waals surface area contributed by atoms with Crippen LogP contribution in [0, 0.1) is 0 Å². The summed E-state index contributed by atoms with van der Waals surface area (Å²) in [6.45, 7) is 6.64. The highest BCUT2D eigenvalue weighted by atomic mass is 16.5. The third-order valence-electron chi connectivity index (χ3n) is 4.42. The fourth-order valence-electron chi connectivity index (χ4n) is 2.92. The minimum atomic E-state index is -1.07. The quantitative estimate of drug-likeness (QED) is 0.314. The molecule has 0 aromatic rings. The Bertz CT molecular complexity index is 490. The lowest BCUT2D eigenvalue weighted by Gasteiger charge is -2.20. The molecule has 0 aromatic heterocycles. The Hall–Kier alpha value is -1.91. The molecule has 1 aliphatic rings. The zero-order chi connectivity index (χ0) is 21.3. The van der Waals surface area contributed by atoms with Gasteiger partial charge in [0, 0.05) is 39.3 Å². The Morgan fingerprint density at radius 1 is 0.966 bits per heavy atom. The highest BCUT2D eigenvalue weighted by Crippen LogP contribution is 2.17. The van der Waals surface area contributed by atoms with Crippen molar-refractivity contribution in [3.8, 4) is 0 Å². The second-order valence-electron chi connectivity index (χ2n) is 6.65. The van der Waals surface area contributed by atoms with Crippen LogP contribution in [0.5, 0.6) is 0 Å². The number of ether oxygens (including phenoxy) is 3. The van der Waals surface area contributed by atoms with Gasteiger partial charge < -0.3 is 30.0 Å². The van der Waals surface area contributed by atoms with E-state index in [9.17, 15) is 14.4 Å². The van der Waals surface area contributed by atoms with Gasteiger partial charge >= 0.3 is 6.09 Å². The third kappa shape index (κ3) is 11.6. The minimum absolute atomic E-state index is 0.0773. The summed E-state index contributed by atoms with van der Waals surface area (Å²) >= 11 is 0. The second kappa shape index (κ2) is 15.9. The van der Waals surface area contributed by atoms with Crippen molar-refractivity contribution in [2.45, 2.75) is 45.1 Å². The molecule has 1 rings (SSSR count). The summed E-state index contributed by atoms with van der Waals surface area (Å²) in [4.78, 5) is 36.0. The van der Waals surface area contributed by atoms with Crippen LogP contribution in [0.3, 0.4) is 0 Å². The fraction of sp³-hybridized carbons (Fsp3) is 0.842. The molecule has 3 amide bonds. The zero-order valence-corrected chi connectivity index (χ0v) is 17.3. The maximum absolute atomic E-state index is 12.0. The van der Waals surface area contributed by atoms with E-state index in [0.717, 1.165) is 4.90 Å². The molecule has 1 aliphatic heterocycles. The average Bonchev–Trinajstić information content (AvgIpc) is 3.19. The van der Waals surface area contributed by atoms with Crippen LogP contribution in [0.2, 0.25) is 0 Å². The fourth-order valence-corrected chi connectivity index (χ4v) is 2.92. The molecule has 168 valence electrons. The van der Waals surface area contributed by atoms with Gasteiger partial charge in [0.05, 0.1) is 26.4 Å². The Kier molecular flexibility index (Phi) is 13.8. The van der Waals surface area contributed by atoms with Crippen LogP contribution in [-0.2, 0) is 23.8 Å². The monoisotopic (exact) mass is 417 g/mol. The van der Waals surface area contributed by atoms with Crippen molar-refractivity contribution in [2.75, 3.05) is 59.3 Å². The first kappa shape index (κ1) is 25.1. The van der Waals surface area contributed by atoms with E-state index in [1.807, 2.05) is 6.92 Å². The van der Waals surface area contributed by atoms with E-state index in [-0.39, 0.29) is 11.8 Å². The molecule has 3 N–H and O–H groups in total. The number of rotatable bonds is 16. The van der Waals surface area contributed by atoms with Gasteiger partial charge in [-0.1, -0.05) is 0 Å². The number of carboxylic acid groups (broad SMARTS) is 1. The SMILES string of the molecule is CCOCCOCCOCCCNC(=O)CCCNC(=O)C1CCCN1C(=O)O. The number of hydrogen-bond donors (Lipinski definition) is 3. The molecule has 10 nitrogen and oxygen atoms in total. The first-order valence-electron chi connectivity index (χ1n) is 10.3. The zero-order valence-electron chi connectivity index (χ0n) is 17.3. The van der Waals surface area contributed by atoms with Gasteiger partial charge in [0.15, 0.2) is 0 Å². The van der Waals surface area contributed by atoms with E-state index in [1.165, 1.54) is 0 Å². The summed E-state index contributed by atoms with van der Waals surface area (Å²) in [5.41, 5.74) is 0. The average molecular weight is 418 g/mol. The first-order chi connectivity index (χ1) is 14.1. The summed E-state index contributed by atoms with van der Waals surface area (Å²) in [5, 5.41) is 14.6. The minimum Gasteiger partial charge on any atom is -0.465 e. The summed E-state index contributed by atoms with van der Waals surface area (Å²) in [6, 6.07) is -0.614. The molecule has 10 heteroatoms. The molecule has 1 unspecified atom stereocenters. The van der Waals surface area contributed by atoms with Gasteiger partial charge in [-0.05, 0) is 32.6 Å². The first-order valence-corrected chi connectivity index (χ1v) is 10.3. The Morgan fingerprint density at radius 3 is 2.31 bits per heavy atom. The van der Waals surface area contributed by atoms with Crippen LogP contribution in [0.25, 0.3) is 0 Å². The number of carbonyl (C=O) groups is 3. The molecule has 0 spiro atoms. The van der Waals surface area contributed by atoms with Gasteiger partial charge in [-0.3, -0.25) is 14.5 Å². The van der Waals surface area contributed by atoms with Crippen molar-refractivity contribution in [3.05, 3.63) is 0 Å². The van der Waals surface area contributed by atoms with Crippen LogP contribution in [0.1, 0.15) is 39.0 Å². The maximum Gasteiger partial charge on any atom is 0.407 e. The van der Waals surface area contributed by atoms with Crippen LogP contribution >= 0.6 is 0 Å². The predicted molar refractivity (Wildman–Crippen MR) is 106 cm³/mol. The molecule has 1 atom stereocenters. The smallest absolute Gasteiger partial charge is 0.407 e. The molecule has 1 fully saturated rings. The molecule has 0 radical (unpaired) electrons. The number of nitrogens with zero attached hydrogens (tertiary/aromatic N) is 1. The van der Waals surface area contributed by atoms with Crippen LogP contribution in [0.4, 0.5) is 4.79 Å². The highest BCUT2D eigenvalue weighted by Gasteiger charge is 2.33. The molecular formula is C19H35N3O7. The van der Waals surface area contributed by atoms with Gasteiger partial charge in [0.1, 0.15) is 6.04 Å². The lowest BCUT2D eigenvalue weighted by molar-refractivity contribution is -0.125. The summed E-state index contributed by atoms with van der Waals surface area (Å²) < 4.78 is 15.9. The number of carbonyl (C=O) groups excluding carboxylic acids is 2. The lowest BCUT2D eigenvalue weighted by atomic mass is 10.2. The van der Waals surface area contributed by atoms with Crippen molar-refractivity contribution >= 4 is 17.9 Å². The van der Waals surface area contributed by atoms with E-state index < -0.39 is 12.1 Å². The summed E-state index contributed by atoms with van der Waals surface area (Å²) in [7, 11) is 0. The van der Waals surface area contributed by atoms with Crippen molar-refractivity contribution in [1.82, 2.24) is 15.5 Å². The molecule has 29 heavy (non-hydrogen) atoms. The number of likely N-dealkylation sites (tertiary alicyclic amines) is 1. The normalized spacial score (nSPS) is 16.0. The maximum atomic E-state index is 12.0. The van der Waals surface area contributed by atoms with Crippen LogP contribution in [0.15, 0.2) is 0 Å². The topological polar surface area (TPSA) is 126 Å². The molecule has 0 bridgehead atoms. The largest absolute Gasteiger partial charge is 0.465 e. The predicted octanol–water partition coefficient (Wildman–Crippen LogP) is 0.601. The molecule has 1 saturated heterocycles. The van der Waals surface area contributed by atoms with E-state index in [2.05, 4.69) is 10.6 Å². The second-order valence-corrected chi connectivity index (χ2v) is 6.65. The summed E-state index contributed by atoms with van der Waals surface area (Å²) in [5.74, 6) is -0.365. The molecular weight excluding hydrogens is 382 g/mol. The van der Waals surface area contributed by atoms with Crippen molar-refractivity contribution in [1.29, 1.82) is 0 Å². The van der Waals surface area contributed by atoms with E-state index in [1.54, 1.807) is 0 Å². The third-order valence-corrected chi connectivity index (χ3v) is 4.42. The van der Waals surface area contributed by atoms with Gasteiger partial charge in [0.2, 0.25) is 11.8 Å². The molecule has 0 aliphatic carbocycles. The molecule has 0 aromatic carbocycles. The van der Waals surface area contributed by atoms with E-state index >= 15 is 0 Å². The van der Waals surface area contributed by atoms with Crippen molar-refractivity contribution in [2.24, 2.45) is 0 Å². The van der Waals surface area contributed by atoms with Crippen molar-refractivity contribution in [3.63, 3.8) is 0 Å². The van der Waals surface area contributed by atoms with Crippen molar-refractivity contribution < 1.29 is 33.7 Å². The van der Waals surface area contributed by atoms with Crippen LogP contribution in [-0.4, -0.2) is 93.2 Å². The molecule has 0 saturated carbocycles. The lowest BCUT2D eigenvalue weighted by Crippen LogP contribution is -2.45. The van der Waals surface area contributed by atoms with E-state index in [4.69, 9.17) is 19.3 Å². The molecule has 1 heterocycles.